The minimum absolute atomic E-state index is 0.0154. The molecule has 3 N–H and O–H groups in total. The number of nitrogens with one attached hydrogen (secondary N) is 2. The van der Waals surface area contributed by atoms with Crippen LogP contribution in [-0.2, 0) is 16.0 Å². The number of carbonyl (C=O) groups is 3. The molecule has 4 amide bonds. The van der Waals surface area contributed by atoms with Gasteiger partial charge in [0.1, 0.15) is 11.8 Å². The summed E-state index contributed by atoms with van der Waals surface area (Å²) in [6.45, 7) is 0.573. The predicted molar refractivity (Wildman–Crippen MR) is 90.1 cm³/mol. The van der Waals surface area contributed by atoms with E-state index in [1.807, 2.05) is 24.3 Å². The third kappa shape index (κ3) is 5.18. The zero-order valence-electron chi connectivity index (χ0n) is 14.2. The van der Waals surface area contributed by atoms with Crippen molar-refractivity contribution >= 4 is 17.8 Å². The first kappa shape index (κ1) is 18.7. The monoisotopic (exact) mass is 349 g/mol. The van der Waals surface area contributed by atoms with Crippen molar-refractivity contribution in [2.45, 2.75) is 25.3 Å². The van der Waals surface area contributed by atoms with Crippen LogP contribution in [0.25, 0.3) is 0 Å². The topological polar surface area (TPSA) is 108 Å². The summed E-state index contributed by atoms with van der Waals surface area (Å²) in [6.07, 6.45) is 0.873. The number of aliphatic hydroxyl groups excluding tert-OH is 1. The molecular formula is C17H23N3O5. The number of nitrogens with zero attached hydrogens (tertiary/aromatic N) is 1. The molecule has 2 rings (SSSR count). The van der Waals surface area contributed by atoms with Crippen molar-refractivity contribution in [2.24, 2.45) is 0 Å². The van der Waals surface area contributed by atoms with Crippen molar-refractivity contribution in [3.05, 3.63) is 29.8 Å². The van der Waals surface area contributed by atoms with Gasteiger partial charge in [-0.05, 0) is 30.5 Å². The molecule has 1 aromatic carbocycles. The SMILES string of the molecule is COc1ccc(CCN2C(=O)N[C@H](CC(=O)NCCCO)C2=O)cc1. The van der Waals surface area contributed by atoms with Gasteiger partial charge < -0.3 is 20.5 Å². The van der Waals surface area contributed by atoms with E-state index in [9.17, 15) is 14.4 Å². The number of amides is 4. The molecule has 136 valence electrons. The van der Waals surface area contributed by atoms with E-state index in [2.05, 4.69) is 10.6 Å². The fourth-order valence-corrected chi connectivity index (χ4v) is 2.52. The minimum atomic E-state index is -0.836. The van der Waals surface area contributed by atoms with Crippen LogP contribution in [0.5, 0.6) is 5.75 Å². The lowest BCUT2D eigenvalue weighted by atomic mass is 10.1. The Morgan fingerprint density at radius 3 is 2.68 bits per heavy atom. The Labute approximate surface area is 146 Å². The Morgan fingerprint density at radius 2 is 2.04 bits per heavy atom. The molecule has 8 heteroatoms. The molecule has 25 heavy (non-hydrogen) atoms. The van der Waals surface area contributed by atoms with Gasteiger partial charge in [0.25, 0.3) is 5.91 Å². The van der Waals surface area contributed by atoms with Crippen LogP contribution in [0.1, 0.15) is 18.4 Å². The molecule has 0 saturated carbocycles. The highest BCUT2D eigenvalue weighted by atomic mass is 16.5. The highest BCUT2D eigenvalue weighted by Crippen LogP contribution is 2.14. The summed E-state index contributed by atoms with van der Waals surface area (Å²) in [6, 6.07) is 6.08. The van der Waals surface area contributed by atoms with Crippen LogP contribution < -0.4 is 15.4 Å². The lowest BCUT2D eigenvalue weighted by molar-refractivity contribution is -0.130. The summed E-state index contributed by atoms with van der Waals surface area (Å²) in [5.41, 5.74) is 0.978. The number of imide groups is 1. The van der Waals surface area contributed by atoms with E-state index in [4.69, 9.17) is 9.84 Å². The lowest BCUT2D eigenvalue weighted by Crippen LogP contribution is -2.37. The van der Waals surface area contributed by atoms with E-state index in [1.165, 1.54) is 0 Å². The molecule has 0 radical (unpaired) electrons. The first-order valence-corrected chi connectivity index (χ1v) is 8.17. The van der Waals surface area contributed by atoms with Crippen LogP contribution >= 0.6 is 0 Å². The van der Waals surface area contributed by atoms with Gasteiger partial charge in [0.2, 0.25) is 5.91 Å². The van der Waals surface area contributed by atoms with Gasteiger partial charge in [-0.3, -0.25) is 14.5 Å². The number of rotatable bonds is 9. The number of aliphatic hydroxyl groups is 1. The summed E-state index contributed by atoms with van der Waals surface area (Å²) in [7, 11) is 1.59. The first-order chi connectivity index (χ1) is 12.0. The van der Waals surface area contributed by atoms with E-state index >= 15 is 0 Å². The van der Waals surface area contributed by atoms with E-state index in [0.29, 0.717) is 19.4 Å². The van der Waals surface area contributed by atoms with Crippen LogP contribution in [0.15, 0.2) is 24.3 Å². The Hall–Kier alpha value is -2.61. The van der Waals surface area contributed by atoms with E-state index in [1.54, 1.807) is 7.11 Å². The van der Waals surface area contributed by atoms with Crippen LogP contribution in [-0.4, -0.2) is 60.7 Å². The summed E-state index contributed by atoms with van der Waals surface area (Å²) in [5, 5.41) is 13.8. The third-order valence-electron chi connectivity index (χ3n) is 3.94. The average Bonchev–Trinajstić information content (AvgIpc) is 2.87. The number of hydrogen-bond donors (Lipinski definition) is 3. The minimum Gasteiger partial charge on any atom is -0.497 e. The fourth-order valence-electron chi connectivity index (χ4n) is 2.52. The molecule has 0 spiro atoms. The molecule has 1 aromatic rings. The van der Waals surface area contributed by atoms with Crippen molar-refractivity contribution in [2.75, 3.05) is 26.8 Å². The maximum absolute atomic E-state index is 12.3. The van der Waals surface area contributed by atoms with E-state index in [0.717, 1.165) is 16.2 Å². The number of carbonyl (C=O) groups excluding carboxylic acids is 3. The van der Waals surface area contributed by atoms with Crippen molar-refractivity contribution in [1.29, 1.82) is 0 Å². The van der Waals surface area contributed by atoms with Crippen molar-refractivity contribution in [1.82, 2.24) is 15.5 Å². The first-order valence-electron chi connectivity index (χ1n) is 8.17. The van der Waals surface area contributed by atoms with E-state index < -0.39 is 18.0 Å². The molecule has 1 atom stereocenters. The number of benzene rings is 1. The number of methoxy groups -OCH3 is 1. The summed E-state index contributed by atoms with van der Waals surface area (Å²) in [5.74, 6) is 0.0194. The average molecular weight is 349 g/mol. The number of hydrogen-bond acceptors (Lipinski definition) is 5. The highest BCUT2D eigenvalue weighted by Gasteiger charge is 2.38. The van der Waals surface area contributed by atoms with Gasteiger partial charge in [-0.15, -0.1) is 0 Å². The molecule has 1 fully saturated rings. The zero-order chi connectivity index (χ0) is 18.2. The second kappa shape index (κ2) is 9.03. The zero-order valence-corrected chi connectivity index (χ0v) is 14.2. The molecule has 0 unspecified atom stereocenters. The van der Waals surface area contributed by atoms with Gasteiger partial charge >= 0.3 is 6.03 Å². The Morgan fingerprint density at radius 1 is 1.32 bits per heavy atom. The highest BCUT2D eigenvalue weighted by molar-refractivity contribution is 6.05. The summed E-state index contributed by atoms with van der Waals surface area (Å²) >= 11 is 0. The van der Waals surface area contributed by atoms with Crippen LogP contribution in [0, 0.1) is 0 Å². The fraction of sp³-hybridized carbons (Fsp3) is 0.471. The second-order valence-electron chi connectivity index (χ2n) is 5.72. The number of ether oxygens (including phenoxy) is 1. The van der Waals surface area contributed by atoms with Crippen LogP contribution in [0.2, 0.25) is 0 Å². The Bertz CT molecular complexity index is 617. The van der Waals surface area contributed by atoms with Gasteiger partial charge in [0, 0.05) is 19.7 Å². The van der Waals surface area contributed by atoms with Crippen LogP contribution in [0.3, 0.4) is 0 Å². The lowest BCUT2D eigenvalue weighted by Gasteiger charge is -2.13. The molecule has 0 bridgehead atoms. The van der Waals surface area contributed by atoms with Gasteiger partial charge in [0.15, 0.2) is 0 Å². The normalized spacial score (nSPS) is 16.7. The van der Waals surface area contributed by atoms with Crippen LogP contribution in [0.4, 0.5) is 4.79 Å². The number of urea groups is 1. The standard InChI is InChI=1S/C17H23N3O5/c1-25-13-5-3-12(4-6-13)7-9-20-16(23)14(19-17(20)24)11-15(22)18-8-2-10-21/h3-6,14,21H,2,7-11H2,1H3,(H,18,22)(H,19,24)/t14-/m1/s1. The Balaban J connectivity index is 1.84. The molecule has 1 saturated heterocycles. The van der Waals surface area contributed by atoms with E-state index in [-0.39, 0.29) is 25.5 Å². The smallest absolute Gasteiger partial charge is 0.324 e. The second-order valence-corrected chi connectivity index (χ2v) is 5.72. The molecule has 1 aliphatic rings. The van der Waals surface area contributed by atoms with Crippen molar-refractivity contribution in [3.63, 3.8) is 0 Å². The molecule has 8 nitrogen and oxygen atoms in total. The van der Waals surface area contributed by atoms with Crippen molar-refractivity contribution < 1.29 is 24.2 Å². The summed E-state index contributed by atoms with van der Waals surface area (Å²) in [4.78, 5) is 37.2. The van der Waals surface area contributed by atoms with Gasteiger partial charge in [-0.25, -0.2) is 4.79 Å². The molecule has 0 aliphatic carbocycles. The summed E-state index contributed by atoms with van der Waals surface area (Å²) < 4.78 is 5.09. The van der Waals surface area contributed by atoms with Gasteiger partial charge in [-0.1, -0.05) is 12.1 Å². The van der Waals surface area contributed by atoms with Gasteiger partial charge in [0.05, 0.1) is 13.5 Å². The maximum Gasteiger partial charge on any atom is 0.324 e. The molecular weight excluding hydrogens is 326 g/mol. The maximum atomic E-state index is 12.3. The Kier molecular flexibility index (Phi) is 6.76. The molecule has 1 heterocycles. The largest absolute Gasteiger partial charge is 0.497 e. The van der Waals surface area contributed by atoms with Gasteiger partial charge in [-0.2, -0.15) is 0 Å². The third-order valence-corrected chi connectivity index (χ3v) is 3.94. The molecule has 0 aromatic heterocycles. The van der Waals surface area contributed by atoms with Crippen molar-refractivity contribution in [3.8, 4) is 5.75 Å². The molecule has 1 aliphatic heterocycles. The quantitative estimate of drug-likeness (QED) is 0.431. The predicted octanol–water partition coefficient (Wildman–Crippen LogP) is 0.0468.